The normalized spacial score (nSPS) is 17.9. The van der Waals surface area contributed by atoms with Crippen molar-refractivity contribution in [2.75, 3.05) is 40.5 Å². The van der Waals surface area contributed by atoms with Gasteiger partial charge < -0.3 is 19.1 Å². The fourth-order valence-corrected chi connectivity index (χ4v) is 2.68. The number of hydrogen-bond donors (Lipinski definition) is 0. The number of amides is 1. The first-order valence-electron chi connectivity index (χ1n) is 7.27. The summed E-state index contributed by atoms with van der Waals surface area (Å²) in [5, 5.41) is 0. The fraction of sp³-hybridized carbons (Fsp3) is 0.562. The molecule has 0 aromatic heterocycles. The minimum absolute atomic E-state index is 0.0567. The second kappa shape index (κ2) is 7.31. The molecular weight excluding hydrogens is 270 g/mol. The van der Waals surface area contributed by atoms with Gasteiger partial charge in [-0.15, -0.1) is 0 Å². The summed E-state index contributed by atoms with van der Waals surface area (Å²) in [5.74, 6) is 1.99. The Balaban J connectivity index is 2.08. The standard InChI is InChI=1S/C16H23NO4/c1-4-21-11-16(18)17-8-7-12(10-17)14-9-13(19-2)5-6-15(14)20-3/h5-6,9,12H,4,7-8,10-11H2,1-3H3/t12-/m1/s1. The molecule has 1 aliphatic rings. The van der Waals surface area contributed by atoms with Gasteiger partial charge >= 0.3 is 0 Å². The van der Waals surface area contributed by atoms with Crippen LogP contribution in [-0.2, 0) is 9.53 Å². The number of nitrogens with zero attached hydrogens (tertiary/aromatic N) is 1. The molecule has 2 rings (SSSR count). The molecule has 1 saturated heterocycles. The first-order chi connectivity index (χ1) is 10.2. The number of carbonyl (C=O) groups is 1. The smallest absolute Gasteiger partial charge is 0.248 e. The Morgan fingerprint density at radius 2 is 2.14 bits per heavy atom. The van der Waals surface area contributed by atoms with Crippen molar-refractivity contribution in [2.45, 2.75) is 19.3 Å². The lowest BCUT2D eigenvalue weighted by Crippen LogP contribution is -2.31. The Bertz CT molecular complexity index is 489. The molecule has 5 nitrogen and oxygen atoms in total. The van der Waals surface area contributed by atoms with E-state index in [9.17, 15) is 4.79 Å². The Kier molecular flexibility index (Phi) is 5.44. The van der Waals surface area contributed by atoms with E-state index in [4.69, 9.17) is 14.2 Å². The predicted octanol–water partition coefficient (Wildman–Crippen LogP) is 2.06. The molecule has 0 bridgehead atoms. The van der Waals surface area contributed by atoms with Gasteiger partial charge in [-0.1, -0.05) is 0 Å². The van der Waals surface area contributed by atoms with Crippen LogP contribution in [0, 0.1) is 0 Å². The third-order valence-electron chi connectivity index (χ3n) is 3.85. The van der Waals surface area contributed by atoms with Crippen molar-refractivity contribution < 1.29 is 19.0 Å². The van der Waals surface area contributed by atoms with Crippen molar-refractivity contribution in [1.29, 1.82) is 0 Å². The van der Waals surface area contributed by atoms with Gasteiger partial charge in [-0.25, -0.2) is 0 Å². The minimum Gasteiger partial charge on any atom is -0.497 e. The zero-order chi connectivity index (χ0) is 15.2. The van der Waals surface area contributed by atoms with E-state index < -0.39 is 0 Å². The van der Waals surface area contributed by atoms with Gasteiger partial charge in [0.1, 0.15) is 18.1 Å². The monoisotopic (exact) mass is 293 g/mol. The molecule has 1 aromatic carbocycles. The summed E-state index contributed by atoms with van der Waals surface area (Å²) in [6.45, 7) is 4.08. The van der Waals surface area contributed by atoms with Gasteiger partial charge in [-0.05, 0) is 31.5 Å². The summed E-state index contributed by atoms with van der Waals surface area (Å²) >= 11 is 0. The molecule has 1 aromatic rings. The van der Waals surface area contributed by atoms with Crippen molar-refractivity contribution >= 4 is 5.91 Å². The van der Waals surface area contributed by atoms with E-state index in [-0.39, 0.29) is 18.4 Å². The lowest BCUT2D eigenvalue weighted by molar-refractivity contribution is -0.134. The molecule has 1 amide bonds. The van der Waals surface area contributed by atoms with Crippen molar-refractivity contribution in [2.24, 2.45) is 0 Å². The molecule has 0 unspecified atom stereocenters. The molecule has 0 spiro atoms. The first-order valence-corrected chi connectivity index (χ1v) is 7.27. The van der Waals surface area contributed by atoms with Gasteiger partial charge in [0, 0.05) is 31.2 Å². The number of methoxy groups -OCH3 is 2. The third-order valence-corrected chi connectivity index (χ3v) is 3.85. The van der Waals surface area contributed by atoms with Crippen LogP contribution in [0.15, 0.2) is 18.2 Å². The summed E-state index contributed by atoms with van der Waals surface area (Å²) in [6.07, 6.45) is 0.932. The Hall–Kier alpha value is -1.75. The molecule has 0 saturated carbocycles. The van der Waals surface area contributed by atoms with Crippen LogP contribution in [0.25, 0.3) is 0 Å². The van der Waals surface area contributed by atoms with E-state index in [0.717, 1.165) is 30.0 Å². The molecule has 116 valence electrons. The van der Waals surface area contributed by atoms with Crippen LogP contribution in [0.2, 0.25) is 0 Å². The lowest BCUT2D eigenvalue weighted by Gasteiger charge is -2.18. The highest BCUT2D eigenvalue weighted by atomic mass is 16.5. The molecule has 0 N–H and O–H groups in total. The van der Waals surface area contributed by atoms with Crippen molar-refractivity contribution in [3.63, 3.8) is 0 Å². The Morgan fingerprint density at radius 1 is 1.33 bits per heavy atom. The van der Waals surface area contributed by atoms with Gasteiger partial charge in [-0.3, -0.25) is 4.79 Å². The van der Waals surface area contributed by atoms with Gasteiger partial charge in [-0.2, -0.15) is 0 Å². The molecule has 1 atom stereocenters. The molecule has 21 heavy (non-hydrogen) atoms. The van der Waals surface area contributed by atoms with Crippen LogP contribution in [-0.4, -0.2) is 51.3 Å². The molecule has 5 heteroatoms. The molecule has 1 fully saturated rings. The third kappa shape index (κ3) is 3.67. The number of likely N-dealkylation sites (tertiary alicyclic amines) is 1. The second-order valence-corrected chi connectivity index (χ2v) is 5.07. The zero-order valence-corrected chi connectivity index (χ0v) is 12.9. The maximum absolute atomic E-state index is 12.0. The molecule has 0 aliphatic carbocycles. The number of benzene rings is 1. The average Bonchev–Trinajstić information content (AvgIpc) is 3.01. The van der Waals surface area contributed by atoms with E-state index in [1.807, 2.05) is 30.0 Å². The predicted molar refractivity (Wildman–Crippen MR) is 80.0 cm³/mol. The van der Waals surface area contributed by atoms with E-state index in [0.29, 0.717) is 13.2 Å². The lowest BCUT2D eigenvalue weighted by atomic mass is 9.97. The highest BCUT2D eigenvalue weighted by Crippen LogP contribution is 2.35. The van der Waals surface area contributed by atoms with Crippen molar-refractivity contribution in [3.8, 4) is 11.5 Å². The summed E-state index contributed by atoms with van der Waals surface area (Å²) in [4.78, 5) is 13.9. The highest BCUT2D eigenvalue weighted by molar-refractivity contribution is 5.77. The summed E-state index contributed by atoms with van der Waals surface area (Å²) in [7, 11) is 3.32. The van der Waals surface area contributed by atoms with E-state index in [2.05, 4.69) is 0 Å². The maximum Gasteiger partial charge on any atom is 0.248 e. The largest absolute Gasteiger partial charge is 0.497 e. The molecule has 1 heterocycles. The quantitative estimate of drug-likeness (QED) is 0.805. The van der Waals surface area contributed by atoms with Gasteiger partial charge in [0.15, 0.2) is 0 Å². The molecule has 0 radical (unpaired) electrons. The Labute approximate surface area is 125 Å². The topological polar surface area (TPSA) is 48.0 Å². The van der Waals surface area contributed by atoms with Crippen molar-refractivity contribution in [3.05, 3.63) is 23.8 Å². The summed E-state index contributed by atoms with van der Waals surface area (Å²) in [6, 6.07) is 5.80. The van der Waals surface area contributed by atoms with Crippen LogP contribution in [0.5, 0.6) is 11.5 Å². The number of rotatable bonds is 6. The highest BCUT2D eigenvalue weighted by Gasteiger charge is 2.29. The van der Waals surface area contributed by atoms with E-state index >= 15 is 0 Å². The molecule has 1 aliphatic heterocycles. The summed E-state index contributed by atoms with van der Waals surface area (Å²) < 4.78 is 15.9. The van der Waals surface area contributed by atoms with Crippen LogP contribution in [0.3, 0.4) is 0 Å². The van der Waals surface area contributed by atoms with Crippen LogP contribution >= 0.6 is 0 Å². The van der Waals surface area contributed by atoms with Gasteiger partial charge in [0.25, 0.3) is 0 Å². The van der Waals surface area contributed by atoms with E-state index in [1.165, 1.54) is 0 Å². The number of hydrogen-bond acceptors (Lipinski definition) is 4. The zero-order valence-electron chi connectivity index (χ0n) is 12.9. The Morgan fingerprint density at radius 3 is 2.81 bits per heavy atom. The second-order valence-electron chi connectivity index (χ2n) is 5.07. The SMILES string of the molecule is CCOCC(=O)N1CC[C@@H](c2cc(OC)ccc2OC)C1. The van der Waals surface area contributed by atoms with Crippen molar-refractivity contribution in [1.82, 2.24) is 4.90 Å². The van der Waals surface area contributed by atoms with Gasteiger partial charge in [0.2, 0.25) is 5.91 Å². The van der Waals surface area contributed by atoms with Crippen LogP contribution < -0.4 is 9.47 Å². The molecular formula is C16H23NO4. The maximum atomic E-state index is 12.0. The first kappa shape index (κ1) is 15.6. The minimum atomic E-state index is 0.0567. The van der Waals surface area contributed by atoms with Gasteiger partial charge in [0.05, 0.1) is 14.2 Å². The number of ether oxygens (including phenoxy) is 3. The average molecular weight is 293 g/mol. The summed E-state index contributed by atoms with van der Waals surface area (Å²) in [5.41, 5.74) is 1.10. The number of carbonyl (C=O) groups excluding carboxylic acids is 1. The van der Waals surface area contributed by atoms with E-state index in [1.54, 1.807) is 14.2 Å². The van der Waals surface area contributed by atoms with Crippen LogP contribution in [0.1, 0.15) is 24.8 Å². The fourth-order valence-electron chi connectivity index (χ4n) is 2.68. The van der Waals surface area contributed by atoms with Crippen LogP contribution in [0.4, 0.5) is 0 Å².